The number of hydrogen-bond donors (Lipinski definition) is 2. The van der Waals surface area contributed by atoms with Crippen LogP contribution in [0.2, 0.25) is 0 Å². The molecule has 1 aromatic carbocycles. The van der Waals surface area contributed by atoms with Gasteiger partial charge in [-0.15, -0.1) is 31.4 Å². The fraction of sp³-hybridized carbons (Fsp3) is 0.500. The molecule has 3 nitrogen and oxygen atoms in total. The summed E-state index contributed by atoms with van der Waals surface area (Å²) in [5, 5.41) is 13.9. The molecule has 0 radical (unpaired) electrons. The zero-order valence-electron chi connectivity index (χ0n) is 12.8. The molecular formula is C16H25BrCl2N2O. The SMILES string of the molecule is C=CCC[C@@H](c1c(Br)ccc(C)c1O)N1CCNCC1.Cl.Cl. The molecular weight excluding hydrogens is 387 g/mol. The molecule has 126 valence electrons. The highest BCUT2D eigenvalue weighted by atomic mass is 79.9. The van der Waals surface area contributed by atoms with Crippen LogP contribution in [0.4, 0.5) is 0 Å². The molecule has 0 bridgehead atoms. The Hall–Kier alpha value is -0.260. The smallest absolute Gasteiger partial charge is 0.124 e. The molecule has 1 heterocycles. The van der Waals surface area contributed by atoms with Crippen molar-refractivity contribution in [1.82, 2.24) is 10.2 Å². The van der Waals surface area contributed by atoms with Gasteiger partial charge in [0.15, 0.2) is 0 Å². The summed E-state index contributed by atoms with van der Waals surface area (Å²) in [4.78, 5) is 2.46. The van der Waals surface area contributed by atoms with Crippen LogP contribution in [0.25, 0.3) is 0 Å². The Morgan fingerprint density at radius 1 is 1.36 bits per heavy atom. The Balaban J connectivity index is 0.00000220. The van der Waals surface area contributed by atoms with E-state index >= 15 is 0 Å². The lowest BCUT2D eigenvalue weighted by molar-refractivity contribution is 0.163. The zero-order chi connectivity index (χ0) is 14.5. The molecule has 1 atom stereocenters. The fourth-order valence-corrected chi connectivity index (χ4v) is 3.37. The molecule has 1 aliphatic heterocycles. The van der Waals surface area contributed by atoms with Crippen LogP contribution in [0.3, 0.4) is 0 Å². The Morgan fingerprint density at radius 3 is 2.59 bits per heavy atom. The Labute approximate surface area is 154 Å². The molecule has 6 heteroatoms. The molecule has 0 amide bonds. The molecule has 0 spiro atoms. The van der Waals surface area contributed by atoms with Crippen LogP contribution in [0.15, 0.2) is 29.3 Å². The minimum atomic E-state index is 0. The standard InChI is InChI=1S/C16H23BrN2O.2ClH/c1-3-4-5-14(19-10-8-18-9-11-19)15-13(17)7-6-12(2)16(15)20;;/h3,6-7,14,18,20H,1,4-5,8-11H2,2H3;2*1H/t14-;;/m0../s1. The number of piperazine rings is 1. The van der Waals surface area contributed by atoms with Crippen LogP contribution in [0.1, 0.15) is 30.0 Å². The van der Waals surface area contributed by atoms with E-state index in [-0.39, 0.29) is 30.9 Å². The number of allylic oxidation sites excluding steroid dienone is 1. The largest absolute Gasteiger partial charge is 0.507 e. The zero-order valence-corrected chi connectivity index (χ0v) is 16.1. The summed E-state index contributed by atoms with van der Waals surface area (Å²) in [6, 6.07) is 4.23. The van der Waals surface area contributed by atoms with Crippen LogP contribution < -0.4 is 5.32 Å². The highest BCUT2D eigenvalue weighted by Gasteiger charge is 2.26. The Kier molecular flexibility index (Phi) is 10.4. The van der Waals surface area contributed by atoms with Crippen LogP contribution in [0.5, 0.6) is 5.75 Å². The molecule has 1 fully saturated rings. The van der Waals surface area contributed by atoms with Crippen molar-refractivity contribution >= 4 is 40.7 Å². The Bertz CT molecular complexity index is 479. The first-order valence-corrected chi connectivity index (χ1v) is 7.98. The number of rotatable bonds is 5. The highest BCUT2D eigenvalue weighted by Crippen LogP contribution is 2.39. The van der Waals surface area contributed by atoms with E-state index in [2.05, 4.69) is 32.7 Å². The highest BCUT2D eigenvalue weighted by molar-refractivity contribution is 9.10. The van der Waals surface area contributed by atoms with Gasteiger partial charge in [-0.2, -0.15) is 0 Å². The maximum Gasteiger partial charge on any atom is 0.124 e. The van der Waals surface area contributed by atoms with E-state index < -0.39 is 0 Å². The molecule has 1 aromatic rings. The summed E-state index contributed by atoms with van der Waals surface area (Å²) in [5.41, 5.74) is 1.95. The molecule has 2 rings (SSSR count). The molecule has 22 heavy (non-hydrogen) atoms. The second-order valence-corrected chi connectivity index (χ2v) is 6.15. The molecule has 0 aromatic heterocycles. The average molecular weight is 412 g/mol. The molecule has 0 unspecified atom stereocenters. The van der Waals surface area contributed by atoms with Gasteiger partial charge in [-0.05, 0) is 31.4 Å². The van der Waals surface area contributed by atoms with E-state index in [1.165, 1.54) is 0 Å². The summed E-state index contributed by atoms with van der Waals surface area (Å²) < 4.78 is 0.994. The Morgan fingerprint density at radius 2 is 2.00 bits per heavy atom. The predicted molar refractivity (Wildman–Crippen MR) is 102 cm³/mol. The molecule has 1 aliphatic rings. The average Bonchev–Trinajstić information content (AvgIpc) is 2.47. The lowest BCUT2D eigenvalue weighted by Crippen LogP contribution is -2.45. The lowest BCUT2D eigenvalue weighted by atomic mass is 9.96. The number of benzene rings is 1. The van der Waals surface area contributed by atoms with E-state index in [1.54, 1.807) is 0 Å². The topological polar surface area (TPSA) is 35.5 Å². The lowest BCUT2D eigenvalue weighted by Gasteiger charge is -2.36. The number of halogens is 3. The van der Waals surface area contributed by atoms with Crippen LogP contribution in [0, 0.1) is 6.92 Å². The van der Waals surface area contributed by atoms with Crippen molar-refractivity contribution in [2.45, 2.75) is 25.8 Å². The van der Waals surface area contributed by atoms with Crippen LogP contribution >= 0.6 is 40.7 Å². The summed E-state index contributed by atoms with van der Waals surface area (Å²) in [6.07, 6.45) is 3.89. The minimum Gasteiger partial charge on any atom is -0.507 e. The molecule has 1 saturated heterocycles. The number of aryl methyl sites for hydroxylation is 1. The van der Waals surface area contributed by atoms with Gasteiger partial charge in [0.1, 0.15) is 5.75 Å². The predicted octanol–water partition coefficient (Wildman–Crippen LogP) is 4.22. The number of hydrogen-bond acceptors (Lipinski definition) is 3. The van der Waals surface area contributed by atoms with Crippen molar-refractivity contribution in [1.29, 1.82) is 0 Å². The summed E-state index contributed by atoms with van der Waals surface area (Å²) in [7, 11) is 0. The third-order valence-electron chi connectivity index (χ3n) is 3.94. The maximum atomic E-state index is 10.5. The monoisotopic (exact) mass is 410 g/mol. The normalized spacial score (nSPS) is 16.3. The van der Waals surface area contributed by atoms with Gasteiger partial charge in [0.25, 0.3) is 0 Å². The van der Waals surface area contributed by atoms with Crippen LogP contribution in [-0.2, 0) is 0 Å². The quantitative estimate of drug-likeness (QED) is 0.712. The van der Waals surface area contributed by atoms with Crippen molar-refractivity contribution in [3.05, 3.63) is 40.4 Å². The number of phenolic OH excluding ortho intramolecular Hbond substituents is 1. The maximum absolute atomic E-state index is 10.5. The summed E-state index contributed by atoms with van der Waals surface area (Å²) >= 11 is 3.61. The van der Waals surface area contributed by atoms with Crippen LogP contribution in [-0.4, -0.2) is 36.2 Å². The summed E-state index contributed by atoms with van der Waals surface area (Å²) in [6.45, 7) is 9.83. The van der Waals surface area contributed by atoms with Gasteiger partial charge >= 0.3 is 0 Å². The van der Waals surface area contributed by atoms with Gasteiger partial charge < -0.3 is 10.4 Å². The van der Waals surface area contributed by atoms with E-state index in [0.29, 0.717) is 5.75 Å². The first-order valence-electron chi connectivity index (χ1n) is 7.18. The van der Waals surface area contributed by atoms with E-state index in [9.17, 15) is 5.11 Å². The number of aromatic hydroxyl groups is 1. The fourth-order valence-electron chi connectivity index (χ4n) is 2.79. The molecule has 0 aliphatic carbocycles. The first kappa shape index (κ1) is 21.7. The van der Waals surface area contributed by atoms with Gasteiger partial charge in [-0.1, -0.05) is 28.1 Å². The van der Waals surface area contributed by atoms with E-state index in [1.807, 2.05) is 25.1 Å². The van der Waals surface area contributed by atoms with Crippen molar-refractivity contribution in [2.75, 3.05) is 26.2 Å². The van der Waals surface area contributed by atoms with Crippen molar-refractivity contribution in [3.63, 3.8) is 0 Å². The third-order valence-corrected chi connectivity index (χ3v) is 4.63. The van der Waals surface area contributed by atoms with Gasteiger partial charge in [-0.3, -0.25) is 4.90 Å². The second-order valence-electron chi connectivity index (χ2n) is 5.29. The van der Waals surface area contributed by atoms with Crippen molar-refractivity contribution < 1.29 is 5.11 Å². The third kappa shape index (κ3) is 5.14. The van der Waals surface area contributed by atoms with Gasteiger partial charge in [-0.25, -0.2) is 0 Å². The number of nitrogens with zero attached hydrogens (tertiary/aromatic N) is 1. The number of nitrogens with one attached hydrogen (secondary N) is 1. The van der Waals surface area contributed by atoms with E-state index in [0.717, 1.165) is 54.6 Å². The van der Waals surface area contributed by atoms with Crippen molar-refractivity contribution in [2.24, 2.45) is 0 Å². The first-order chi connectivity index (χ1) is 9.65. The van der Waals surface area contributed by atoms with Gasteiger partial charge in [0.2, 0.25) is 0 Å². The van der Waals surface area contributed by atoms with Gasteiger partial charge in [0.05, 0.1) is 0 Å². The molecule has 2 N–H and O–H groups in total. The van der Waals surface area contributed by atoms with Gasteiger partial charge in [0, 0.05) is 42.3 Å². The minimum absolute atomic E-state index is 0. The van der Waals surface area contributed by atoms with E-state index in [4.69, 9.17) is 0 Å². The summed E-state index contributed by atoms with van der Waals surface area (Å²) in [5.74, 6) is 0.423. The second kappa shape index (κ2) is 10.5. The number of phenols is 1. The molecule has 0 saturated carbocycles. The van der Waals surface area contributed by atoms with Crippen molar-refractivity contribution in [3.8, 4) is 5.75 Å².